The molecule has 0 aromatic rings. The van der Waals surface area contributed by atoms with E-state index in [2.05, 4.69) is 29.0 Å². The third-order valence-corrected chi connectivity index (χ3v) is 5.01. The van der Waals surface area contributed by atoms with Gasteiger partial charge in [-0.15, -0.1) is 0 Å². The first-order chi connectivity index (χ1) is 9.79. The summed E-state index contributed by atoms with van der Waals surface area (Å²) >= 11 is 0. The largest absolute Gasteiger partial charge is 0.314 e. The maximum Gasteiger partial charge on any atom is 0.0235 e. The van der Waals surface area contributed by atoms with Crippen LogP contribution in [0.2, 0.25) is 0 Å². The topological polar surface area (TPSA) is 18.5 Å². The maximum atomic E-state index is 3.58. The van der Waals surface area contributed by atoms with E-state index in [0.717, 1.165) is 6.04 Å². The molecule has 118 valence electrons. The zero-order valence-corrected chi connectivity index (χ0v) is 13.7. The molecule has 0 aliphatic carbocycles. The highest BCUT2D eigenvalue weighted by Gasteiger charge is 2.28. The summed E-state index contributed by atoms with van der Waals surface area (Å²) in [4.78, 5) is 5.43. The average molecular weight is 281 g/mol. The molecule has 3 nitrogen and oxygen atoms in total. The molecule has 0 aromatic carbocycles. The molecule has 0 saturated carbocycles. The van der Waals surface area contributed by atoms with Crippen molar-refractivity contribution in [2.45, 2.75) is 70.9 Å². The van der Waals surface area contributed by atoms with Gasteiger partial charge in [-0.1, -0.05) is 13.3 Å². The Morgan fingerprint density at radius 2 is 1.95 bits per heavy atom. The van der Waals surface area contributed by atoms with E-state index < -0.39 is 0 Å². The van der Waals surface area contributed by atoms with Gasteiger partial charge >= 0.3 is 0 Å². The molecule has 20 heavy (non-hydrogen) atoms. The SMILES string of the molecule is CCCNC(C)CCCCN1CCC(N2CCCC2)C1. The zero-order valence-electron chi connectivity index (χ0n) is 13.7. The average Bonchev–Trinajstić information content (AvgIpc) is 3.11. The Kier molecular flexibility index (Phi) is 7.32. The van der Waals surface area contributed by atoms with Crippen molar-refractivity contribution in [1.82, 2.24) is 15.1 Å². The van der Waals surface area contributed by atoms with Crippen molar-refractivity contribution in [2.75, 3.05) is 39.3 Å². The summed E-state index contributed by atoms with van der Waals surface area (Å²) < 4.78 is 0. The van der Waals surface area contributed by atoms with Gasteiger partial charge in [0, 0.05) is 18.6 Å². The van der Waals surface area contributed by atoms with Crippen molar-refractivity contribution in [1.29, 1.82) is 0 Å². The summed E-state index contributed by atoms with van der Waals surface area (Å²) in [5.41, 5.74) is 0. The number of rotatable bonds is 9. The minimum atomic E-state index is 0.700. The van der Waals surface area contributed by atoms with Gasteiger partial charge in [-0.3, -0.25) is 4.90 Å². The standard InChI is InChI=1S/C17H35N3/c1-3-10-18-16(2)8-4-5-11-19-14-9-17(15-19)20-12-6-7-13-20/h16-18H,3-15H2,1-2H3. The first-order valence-corrected chi connectivity index (χ1v) is 8.99. The van der Waals surface area contributed by atoms with E-state index in [1.807, 2.05) is 0 Å². The summed E-state index contributed by atoms with van der Waals surface area (Å²) in [6, 6.07) is 1.58. The van der Waals surface area contributed by atoms with Crippen LogP contribution in [-0.4, -0.2) is 61.2 Å². The lowest BCUT2D eigenvalue weighted by molar-refractivity contribution is 0.230. The molecule has 2 saturated heterocycles. The summed E-state index contributed by atoms with van der Waals surface area (Å²) in [6.07, 6.45) is 9.61. The van der Waals surface area contributed by atoms with Crippen LogP contribution >= 0.6 is 0 Å². The molecule has 1 N–H and O–H groups in total. The van der Waals surface area contributed by atoms with E-state index >= 15 is 0 Å². The third-order valence-electron chi connectivity index (χ3n) is 5.01. The van der Waals surface area contributed by atoms with E-state index in [0.29, 0.717) is 6.04 Å². The second kappa shape index (κ2) is 9.01. The van der Waals surface area contributed by atoms with Crippen LogP contribution in [0.1, 0.15) is 58.8 Å². The van der Waals surface area contributed by atoms with Crippen molar-refractivity contribution in [3.8, 4) is 0 Å². The molecule has 2 rings (SSSR count). The predicted molar refractivity (Wildman–Crippen MR) is 87.3 cm³/mol. The Balaban J connectivity index is 1.50. The Morgan fingerprint density at radius 3 is 2.70 bits per heavy atom. The Hall–Kier alpha value is -0.120. The number of unbranched alkanes of at least 4 members (excludes halogenated alkanes) is 1. The van der Waals surface area contributed by atoms with Crippen LogP contribution < -0.4 is 5.32 Å². The minimum Gasteiger partial charge on any atom is -0.314 e. The second-order valence-electron chi connectivity index (χ2n) is 6.84. The zero-order chi connectivity index (χ0) is 14.2. The lowest BCUT2D eigenvalue weighted by Crippen LogP contribution is -2.35. The van der Waals surface area contributed by atoms with E-state index in [4.69, 9.17) is 0 Å². The lowest BCUT2D eigenvalue weighted by atomic mass is 10.1. The van der Waals surface area contributed by atoms with Crippen molar-refractivity contribution < 1.29 is 0 Å². The Bertz CT molecular complexity index is 251. The molecule has 2 fully saturated rings. The van der Waals surface area contributed by atoms with Crippen LogP contribution in [0.5, 0.6) is 0 Å². The highest BCUT2D eigenvalue weighted by Crippen LogP contribution is 2.20. The normalized spacial score (nSPS) is 26.4. The molecule has 0 radical (unpaired) electrons. The lowest BCUT2D eigenvalue weighted by Gasteiger charge is -2.23. The number of nitrogens with zero attached hydrogens (tertiary/aromatic N) is 2. The molecular weight excluding hydrogens is 246 g/mol. The van der Waals surface area contributed by atoms with Crippen LogP contribution in [0.25, 0.3) is 0 Å². The molecule has 0 amide bonds. The fourth-order valence-corrected chi connectivity index (χ4v) is 3.70. The fraction of sp³-hybridized carbons (Fsp3) is 1.00. The van der Waals surface area contributed by atoms with Gasteiger partial charge in [-0.05, 0) is 78.2 Å². The van der Waals surface area contributed by atoms with E-state index in [1.54, 1.807) is 0 Å². The maximum absolute atomic E-state index is 3.58. The van der Waals surface area contributed by atoms with Crippen molar-refractivity contribution in [2.24, 2.45) is 0 Å². The molecule has 3 heteroatoms. The van der Waals surface area contributed by atoms with E-state index in [9.17, 15) is 0 Å². The Labute approximate surface area is 126 Å². The highest BCUT2D eigenvalue weighted by atomic mass is 15.3. The van der Waals surface area contributed by atoms with Crippen LogP contribution in [0.4, 0.5) is 0 Å². The summed E-state index contributed by atoms with van der Waals surface area (Å²) in [7, 11) is 0. The first-order valence-electron chi connectivity index (χ1n) is 8.99. The molecule has 2 aliphatic rings. The van der Waals surface area contributed by atoms with Gasteiger partial charge < -0.3 is 10.2 Å². The smallest absolute Gasteiger partial charge is 0.0235 e. The fourth-order valence-electron chi connectivity index (χ4n) is 3.70. The molecule has 0 spiro atoms. The molecular formula is C17H35N3. The van der Waals surface area contributed by atoms with Gasteiger partial charge in [-0.2, -0.15) is 0 Å². The highest BCUT2D eigenvalue weighted by molar-refractivity contribution is 4.85. The predicted octanol–water partition coefficient (Wildman–Crippen LogP) is 2.71. The van der Waals surface area contributed by atoms with Gasteiger partial charge in [0.05, 0.1) is 0 Å². The van der Waals surface area contributed by atoms with E-state index in [-0.39, 0.29) is 0 Å². The second-order valence-corrected chi connectivity index (χ2v) is 6.84. The summed E-state index contributed by atoms with van der Waals surface area (Å²) in [5, 5.41) is 3.58. The van der Waals surface area contributed by atoms with Gasteiger partial charge in [-0.25, -0.2) is 0 Å². The summed E-state index contributed by atoms with van der Waals surface area (Å²) in [5.74, 6) is 0. The first kappa shape index (κ1) is 16.3. The molecule has 2 atom stereocenters. The molecule has 2 heterocycles. The number of hydrogen-bond acceptors (Lipinski definition) is 3. The third kappa shape index (κ3) is 5.34. The van der Waals surface area contributed by atoms with Gasteiger partial charge in [0.15, 0.2) is 0 Å². The van der Waals surface area contributed by atoms with Crippen LogP contribution in [0.3, 0.4) is 0 Å². The number of nitrogens with one attached hydrogen (secondary N) is 1. The van der Waals surface area contributed by atoms with Gasteiger partial charge in [0.2, 0.25) is 0 Å². The quantitative estimate of drug-likeness (QED) is 0.656. The summed E-state index contributed by atoms with van der Waals surface area (Å²) in [6.45, 7) is 12.5. The van der Waals surface area contributed by atoms with Crippen molar-refractivity contribution in [3.05, 3.63) is 0 Å². The van der Waals surface area contributed by atoms with Crippen molar-refractivity contribution >= 4 is 0 Å². The molecule has 2 aliphatic heterocycles. The van der Waals surface area contributed by atoms with E-state index in [1.165, 1.54) is 84.2 Å². The molecule has 2 unspecified atom stereocenters. The van der Waals surface area contributed by atoms with Gasteiger partial charge in [0.25, 0.3) is 0 Å². The van der Waals surface area contributed by atoms with Crippen molar-refractivity contribution in [3.63, 3.8) is 0 Å². The molecule has 0 aromatic heterocycles. The monoisotopic (exact) mass is 281 g/mol. The van der Waals surface area contributed by atoms with Crippen LogP contribution in [0, 0.1) is 0 Å². The van der Waals surface area contributed by atoms with Crippen LogP contribution in [-0.2, 0) is 0 Å². The van der Waals surface area contributed by atoms with Gasteiger partial charge in [0.1, 0.15) is 0 Å². The minimum absolute atomic E-state index is 0.700. The number of likely N-dealkylation sites (tertiary alicyclic amines) is 2. The molecule has 0 bridgehead atoms. The van der Waals surface area contributed by atoms with Crippen LogP contribution in [0.15, 0.2) is 0 Å². The Morgan fingerprint density at radius 1 is 1.15 bits per heavy atom. The number of hydrogen-bond donors (Lipinski definition) is 1.